The Morgan fingerprint density at radius 3 is 1.35 bits per heavy atom. The Bertz CT molecular complexity index is 2520. The summed E-state index contributed by atoms with van der Waals surface area (Å²) in [4.78, 5) is 209. The average molecular weight is 1160 g/mol. The van der Waals surface area contributed by atoms with Gasteiger partial charge in [0.05, 0.1) is 105 Å². The SMILES string of the molecule is CNC(=O)[C@@H](CC(=O)[C@H](CCCCN)NC(=O)[C@H](C)CC(=O)[C@H](CC(=O)O)NC(=O)[C@H](CC(=O)O)CC(=O)[C@H](CC(=O)O)NC(=O)[C@H](CC(=O)O)CC(=O)[C@H](CC(=O)O)NC(=O)[C@@H](N)CC(=O)O)Cc1cn(CCP(=O)(O)O)nn1. The van der Waals surface area contributed by atoms with Gasteiger partial charge in [0.25, 0.3) is 0 Å². The van der Waals surface area contributed by atoms with E-state index in [-0.39, 0.29) is 38.0 Å². The van der Waals surface area contributed by atoms with E-state index in [4.69, 9.17) is 16.6 Å². The van der Waals surface area contributed by atoms with Gasteiger partial charge in [0.15, 0.2) is 23.1 Å². The van der Waals surface area contributed by atoms with Crippen molar-refractivity contribution in [2.75, 3.05) is 19.8 Å². The van der Waals surface area contributed by atoms with Gasteiger partial charge in [-0.25, -0.2) is 0 Å². The summed E-state index contributed by atoms with van der Waals surface area (Å²) in [5.41, 5.74) is 11.3. The number of nitrogens with one attached hydrogen (secondary N) is 5. The number of hydrogen-bond donors (Lipinski definition) is 15. The number of unbranched alkanes of at least 4 members (excludes halogenated alkanes) is 1. The summed E-state index contributed by atoms with van der Waals surface area (Å²) in [6, 6.07) is -9.35. The molecule has 34 nitrogen and oxygen atoms in total. The van der Waals surface area contributed by atoms with Crippen LogP contribution in [0.1, 0.15) is 96.1 Å². The highest BCUT2D eigenvalue weighted by Gasteiger charge is 2.38. The molecule has 0 unspecified atom stereocenters. The molecule has 0 aromatic carbocycles. The molecule has 1 aromatic rings. The molecular formula is C45H67N10O24P. The Labute approximate surface area is 454 Å². The zero-order valence-electron chi connectivity index (χ0n) is 43.3. The van der Waals surface area contributed by atoms with Crippen molar-refractivity contribution in [2.24, 2.45) is 35.1 Å². The Kier molecular flexibility index (Phi) is 29.9. The summed E-state index contributed by atoms with van der Waals surface area (Å²) >= 11 is 0. The van der Waals surface area contributed by atoms with Gasteiger partial charge in [-0.3, -0.25) is 81.2 Å². The highest BCUT2D eigenvalue weighted by molar-refractivity contribution is 7.51. The van der Waals surface area contributed by atoms with E-state index < -0.39 is 220 Å². The lowest BCUT2D eigenvalue weighted by Gasteiger charge is -2.25. The van der Waals surface area contributed by atoms with Crippen LogP contribution in [-0.4, -0.2) is 194 Å². The van der Waals surface area contributed by atoms with Crippen molar-refractivity contribution in [2.45, 2.75) is 134 Å². The second-order valence-corrected chi connectivity index (χ2v) is 20.4. The first-order chi connectivity index (χ1) is 37.2. The number of amides is 5. The maximum atomic E-state index is 13.8. The number of aryl methyl sites for hydroxylation is 1. The van der Waals surface area contributed by atoms with Gasteiger partial charge in [0.1, 0.15) is 0 Å². The second-order valence-electron chi connectivity index (χ2n) is 18.6. The van der Waals surface area contributed by atoms with Gasteiger partial charge in [-0.05, 0) is 25.8 Å². The molecule has 0 aliphatic carbocycles. The lowest BCUT2D eigenvalue weighted by Crippen LogP contribution is -2.51. The highest BCUT2D eigenvalue weighted by atomic mass is 31.2. The standard InChI is InChI=1S/C45H67N10O24P/c1-21(41(72)49-27(5-3-4-6-46)32(57)11-22(42(73)48-2)10-25-20-55(54-53-25)7-8-80(77,78)79)9-31(56)28(17-38(66)67)50-43(74)23(14-35(60)61)12-33(58)29(18-39(68)69)51-44(75)24(15-36(62)63)13-34(59)30(19-40(70)71)52-45(76)26(47)16-37(64)65/h20-24,26-30H,3-19,46-47H2,1-2H3,(H,48,73)(H,49,72)(H,50,74)(H,51,75)(H,52,76)(H,60,61)(H,62,63)(H,64,65)(H,66,67)(H,68,69)(H,70,71)(H2,77,78,79)/t21-,22-,23+,24+,26+,27+,28+,29+,30+/m1/s1. The smallest absolute Gasteiger partial charge is 0.327 e. The number of carboxylic acid groups (broad SMARTS) is 6. The summed E-state index contributed by atoms with van der Waals surface area (Å²) in [6.07, 6.45) is -9.63. The molecule has 80 heavy (non-hydrogen) atoms. The predicted molar refractivity (Wildman–Crippen MR) is 265 cm³/mol. The summed E-state index contributed by atoms with van der Waals surface area (Å²) in [6.45, 7) is 1.18. The van der Waals surface area contributed by atoms with E-state index in [2.05, 4.69) is 20.9 Å². The van der Waals surface area contributed by atoms with Gasteiger partial charge in [-0.2, -0.15) is 0 Å². The highest BCUT2D eigenvalue weighted by Crippen LogP contribution is 2.34. The maximum Gasteiger partial charge on any atom is 0.327 e. The largest absolute Gasteiger partial charge is 0.481 e. The molecule has 0 fully saturated rings. The number of rotatable bonds is 42. The molecule has 17 N–H and O–H groups in total. The molecular weight excluding hydrogens is 1100 g/mol. The van der Waals surface area contributed by atoms with Gasteiger partial charge in [-0.15, -0.1) is 5.10 Å². The van der Waals surface area contributed by atoms with E-state index in [0.29, 0.717) is 6.42 Å². The first-order valence-electron chi connectivity index (χ1n) is 24.4. The normalized spacial score (nSPS) is 14.6. The van der Waals surface area contributed by atoms with Crippen LogP contribution in [0.3, 0.4) is 0 Å². The monoisotopic (exact) mass is 1160 g/mol. The zero-order chi connectivity index (χ0) is 61.2. The molecule has 35 heteroatoms. The molecule has 5 amide bonds. The topological polar surface area (TPSA) is 578 Å². The zero-order valence-corrected chi connectivity index (χ0v) is 44.2. The minimum Gasteiger partial charge on any atom is -0.481 e. The number of ketones is 4. The summed E-state index contributed by atoms with van der Waals surface area (Å²) in [7, 11) is -3.09. The lowest BCUT2D eigenvalue weighted by molar-refractivity contribution is -0.146. The number of nitrogens with two attached hydrogens (primary N) is 2. The first-order valence-corrected chi connectivity index (χ1v) is 26.2. The van der Waals surface area contributed by atoms with Gasteiger partial charge in [0, 0.05) is 51.3 Å². The van der Waals surface area contributed by atoms with Crippen LogP contribution in [0.4, 0.5) is 0 Å². The van der Waals surface area contributed by atoms with E-state index in [0.717, 1.165) is 4.68 Å². The summed E-state index contributed by atoms with van der Waals surface area (Å²) < 4.78 is 12.4. The molecule has 0 saturated carbocycles. The van der Waals surface area contributed by atoms with Crippen LogP contribution in [0.2, 0.25) is 0 Å². The van der Waals surface area contributed by atoms with Crippen molar-refractivity contribution in [3.8, 4) is 0 Å². The van der Waals surface area contributed by atoms with Gasteiger partial charge >= 0.3 is 43.4 Å². The molecule has 0 spiro atoms. The Morgan fingerprint density at radius 1 is 0.537 bits per heavy atom. The number of Topliss-reactive ketones (excluding diaryl/α,β-unsaturated/α-hetero) is 4. The van der Waals surface area contributed by atoms with Crippen molar-refractivity contribution >= 4 is 96.1 Å². The van der Waals surface area contributed by atoms with Crippen molar-refractivity contribution in [3.63, 3.8) is 0 Å². The van der Waals surface area contributed by atoms with Crippen LogP contribution in [-0.2, 0) is 89.4 Å². The molecule has 1 heterocycles. The number of nitrogens with zero attached hydrogens (tertiary/aromatic N) is 3. The van der Waals surface area contributed by atoms with Crippen LogP contribution >= 0.6 is 7.60 Å². The second kappa shape index (κ2) is 34.2. The Balaban J connectivity index is 3.37. The minimum atomic E-state index is -4.39. The fourth-order valence-corrected chi connectivity index (χ4v) is 8.10. The van der Waals surface area contributed by atoms with Crippen molar-refractivity contribution in [1.82, 2.24) is 41.6 Å². The molecule has 1 aromatic heterocycles. The molecule has 0 bridgehead atoms. The number of carboxylic acids is 6. The third-order valence-corrected chi connectivity index (χ3v) is 12.6. The quantitative estimate of drug-likeness (QED) is 0.0216. The van der Waals surface area contributed by atoms with Crippen LogP contribution in [0, 0.1) is 23.7 Å². The number of carbonyl (C=O) groups is 15. The lowest BCUT2D eigenvalue weighted by atomic mass is 9.90. The van der Waals surface area contributed by atoms with E-state index in [1.54, 1.807) is 0 Å². The summed E-state index contributed by atoms with van der Waals surface area (Å²) in [5, 5.41) is 75.1. The van der Waals surface area contributed by atoms with E-state index in [9.17, 15) is 112 Å². The van der Waals surface area contributed by atoms with Crippen molar-refractivity contribution < 1.29 is 117 Å². The average Bonchev–Trinajstić information content (AvgIpc) is 3.79. The molecule has 0 saturated heterocycles. The van der Waals surface area contributed by atoms with Crippen molar-refractivity contribution in [1.29, 1.82) is 0 Å². The van der Waals surface area contributed by atoms with Crippen LogP contribution in [0.15, 0.2) is 6.20 Å². The van der Waals surface area contributed by atoms with Crippen molar-refractivity contribution in [3.05, 3.63) is 11.9 Å². The molecule has 1 rings (SSSR count). The number of hydrogen-bond acceptors (Lipinski definition) is 20. The Morgan fingerprint density at radius 2 is 0.938 bits per heavy atom. The first kappa shape index (κ1) is 70.1. The molecule has 9 atom stereocenters. The molecule has 0 radical (unpaired) electrons. The fraction of sp³-hybridized carbons (Fsp3) is 0.622. The third kappa shape index (κ3) is 27.6. The van der Waals surface area contributed by atoms with E-state index in [1.807, 2.05) is 16.0 Å². The predicted octanol–water partition coefficient (Wildman–Crippen LogP) is -4.69. The molecule has 0 aliphatic rings. The third-order valence-electron chi connectivity index (χ3n) is 11.8. The summed E-state index contributed by atoms with van der Waals surface area (Å²) in [5.74, 6) is -27.2. The Hall–Kier alpha value is -7.94. The molecule has 0 aliphatic heterocycles. The van der Waals surface area contributed by atoms with Gasteiger partial charge in [-0.1, -0.05) is 12.1 Å². The van der Waals surface area contributed by atoms with Gasteiger partial charge in [0.2, 0.25) is 29.5 Å². The number of aromatic nitrogens is 3. The molecule has 446 valence electrons. The van der Waals surface area contributed by atoms with E-state index in [1.165, 1.54) is 20.2 Å². The van der Waals surface area contributed by atoms with E-state index >= 15 is 0 Å². The number of aliphatic carboxylic acids is 6. The van der Waals surface area contributed by atoms with Gasteiger partial charge < -0.3 is 78.5 Å². The fourth-order valence-electron chi connectivity index (χ4n) is 7.64. The minimum absolute atomic E-state index is 0.00684. The van der Waals surface area contributed by atoms with Crippen LogP contribution in [0.25, 0.3) is 0 Å². The van der Waals surface area contributed by atoms with Crippen LogP contribution in [0.5, 0.6) is 0 Å². The number of carbonyl (C=O) groups excluding carboxylic acids is 9. The maximum absolute atomic E-state index is 13.8. The van der Waals surface area contributed by atoms with Crippen LogP contribution < -0.4 is 38.1 Å².